The summed E-state index contributed by atoms with van der Waals surface area (Å²) in [7, 11) is 0. The van der Waals surface area contributed by atoms with Crippen molar-refractivity contribution in [2.45, 2.75) is 150 Å². The molecule has 0 amide bonds. The maximum Gasteiger partial charge on any atom is 0.205 e. The molecule has 0 radical (unpaired) electrons. The molecule has 2 aliphatic carbocycles. The molecule has 31 heavy (non-hydrogen) atoms. The van der Waals surface area contributed by atoms with Gasteiger partial charge in [-0.3, -0.25) is 0 Å². The minimum Gasteiger partial charge on any atom is -0.348 e. The molecule has 0 unspecified atom stereocenters. The van der Waals surface area contributed by atoms with E-state index < -0.39 is 0 Å². The van der Waals surface area contributed by atoms with Crippen molar-refractivity contribution in [1.29, 1.82) is 0 Å². The monoisotopic (exact) mass is 427 g/mol. The smallest absolute Gasteiger partial charge is 0.205 e. The Morgan fingerprint density at radius 1 is 0.484 bits per heavy atom. The van der Waals surface area contributed by atoms with E-state index in [-0.39, 0.29) is 0 Å². The van der Waals surface area contributed by atoms with Crippen LogP contribution in [-0.4, -0.2) is 70.8 Å². The average molecular weight is 427 g/mol. The third-order valence-corrected chi connectivity index (χ3v) is 9.15. The van der Waals surface area contributed by atoms with Crippen LogP contribution in [-0.2, 0) is 0 Å². The first-order valence-electron chi connectivity index (χ1n) is 13.7. The highest BCUT2D eigenvalue weighted by atomic mass is 15.2. The van der Waals surface area contributed by atoms with Gasteiger partial charge < -0.3 is 14.4 Å². The lowest BCUT2D eigenvalue weighted by Gasteiger charge is -2.48. The summed E-state index contributed by atoms with van der Waals surface area (Å²) in [6.45, 7) is 31.3. The number of hydrogen-bond donors (Lipinski definition) is 0. The van der Waals surface area contributed by atoms with Crippen LogP contribution in [0.4, 0.5) is 0 Å². The summed E-state index contributed by atoms with van der Waals surface area (Å²) in [5, 5.41) is 0. The summed E-state index contributed by atoms with van der Waals surface area (Å²) in [5.74, 6) is 3.65. The fraction of sp³-hybridized carbons (Fsp3) is 1.00. The van der Waals surface area contributed by atoms with Crippen LogP contribution in [0.25, 0.3) is 0 Å². The zero-order chi connectivity index (χ0) is 23.4. The Balaban J connectivity index is 2.21. The fourth-order valence-corrected chi connectivity index (χ4v) is 9.01. The molecule has 1 saturated heterocycles. The Morgan fingerprint density at radius 2 is 0.774 bits per heavy atom. The standard InChI is InChI=1S/C25H52B3N3/c1-16(2)29(17(3)4)26-24-22-13-14-23(15-22)25(24)27(30(18(5)6)19(7)8)28(26)31(20(9)10)21(11)12/h16-25H,13-15H2,1-12H3/t22-,23+,24+,25-. The molecule has 3 nitrogen and oxygen atoms in total. The molecule has 3 fully saturated rings. The first-order valence-corrected chi connectivity index (χ1v) is 13.7. The van der Waals surface area contributed by atoms with Crippen molar-refractivity contribution in [2.75, 3.05) is 0 Å². The van der Waals surface area contributed by atoms with E-state index in [1.54, 1.807) is 0 Å². The van der Waals surface area contributed by atoms with Crippen LogP contribution >= 0.6 is 0 Å². The number of fused-ring (bicyclic) bond motifs is 5. The molecular weight excluding hydrogens is 375 g/mol. The molecule has 176 valence electrons. The molecule has 6 heteroatoms. The van der Waals surface area contributed by atoms with Gasteiger partial charge in [-0.2, -0.15) is 0 Å². The van der Waals surface area contributed by atoms with Crippen molar-refractivity contribution in [3.05, 3.63) is 0 Å². The lowest BCUT2D eigenvalue weighted by atomic mass is 9.01. The Kier molecular flexibility index (Phi) is 8.08. The van der Waals surface area contributed by atoms with E-state index in [4.69, 9.17) is 0 Å². The van der Waals surface area contributed by atoms with E-state index in [1.807, 2.05) is 0 Å². The molecule has 0 N–H and O–H groups in total. The highest BCUT2D eigenvalue weighted by Gasteiger charge is 2.70. The maximum atomic E-state index is 2.94. The summed E-state index contributed by atoms with van der Waals surface area (Å²) in [6, 6.07) is 3.54. The van der Waals surface area contributed by atoms with Crippen LogP contribution in [0.1, 0.15) is 102 Å². The molecule has 4 atom stereocenters. The third-order valence-electron chi connectivity index (χ3n) is 9.15. The zero-order valence-electron chi connectivity index (χ0n) is 23.0. The second kappa shape index (κ2) is 9.75. The van der Waals surface area contributed by atoms with Crippen LogP contribution in [0.15, 0.2) is 0 Å². The van der Waals surface area contributed by atoms with Crippen molar-refractivity contribution in [3.8, 4) is 0 Å². The molecule has 0 aromatic heterocycles. The van der Waals surface area contributed by atoms with Gasteiger partial charge in [0.05, 0.1) is 0 Å². The Labute approximate surface area is 196 Å². The molecule has 3 rings (SSSR count). The van der Waals surface area contributed by atoms with Crippen LogP contribution in [0, 0.1) is 11.8 Å². The van der Waals surface area contributed by atoms with E-state index in [0.717, 1.165) is 23.5 Å². The molecule has 3 aliphatic rings. The quantitative estimate of drug-likeness (QED) is 0.440. The van der Waals surface area contributed by atoms with Gasteiger partial charge in [0.2, 0.25) is 13.5 Å². The van der Waals surface area contributed by atoms with E-state index in [0.29, 0.717) is 56.4 Å². The summed E-state index contributed by atoms with van der Waals surface area (Å²) in [6.07, 6.45) is 4.48. The largest absolute Gasteiger partial charge is 0.348 e. The van der Waals surface area contributed by atoms with E-state index in [1.165, 1.54) is 19.3 Å². The van der Waals surface area contributed by atoms with Gasteiger partial charge in [0.1, 0.15) is 0 Å². The molecule has 0 aromatic rings. The van der Waals surface area contributed by atoms with Crippen molar-refractivity contribution >= 4 is 20.1 Å². The Hall–Kier alpha value is 0.0748. The number of hydrogen-bond acceptors (Lipinski definition) is 3. The van der Waals surface area contributed by atoms with Gasteiger partial charge in [-0.05, 0) is 54.5 Å². The van der Waals surface area contributed by atoms with Gasteiger partial charge in [0, 0.05) is 0 Å². The summed E-state index contributed by atoms with van der Waals surface area (Å²) >= 11 is 0. The van der Waals surface area contributed by atoms with Crippen LogP contribution in [0.2, 0.25) is 11.6 Å². The second-order valence-electron chi connectivity index (χ2n) is 12.9. The normalized spacial score (nSPS) is 28.7. The molecule has 1 heterocycles. The van der Waals surface area contributed by atoms with Gasteiger partial charge in [-0.1, -0.05) is 108 Å². The molecule has 2 bridgehead atoms. The van der Waals surface area contributed by atoms with Gasteiger partial charge >= 0.3 is 0 Å². The second-order valence-corrected chi connectivity index (χ2v) is 12.9. The van der Waals surface area contributed by atoms with Gasteiger partial charge in [-0.15, -0.1) is 0 Å². The minimum absolute atomic E-state index is 0.578. The summed E-state index contributed by atoms with van der Waals surface area (Å²) < 4.78 is 0. The molecular formula is C25H52B3N3. The van der Waals surface area contributed by atoms with Gasteiger partial charge in [-0.25, -0.2) is 0 Å². The molecule has 0 aromatic carbocycles. The lowest BCUT2D eigenvalue weighted by Crippen LogP contribution is -2.72. The van der Waals surface area contributed by atoms with Crippen molar-refractivity contribution < 1.29 is 0 Å². The average Bonchev–Trinajstić information content (AvgIpc) is 3.28. The lowest BCUT2D eigenvalue weighted by molar-refractivity contribution is 0.285. The predicted molar refractivity (Wildman–Crippen MR) is 142 cm³/mol. The number of nitrogens with zero attached hydrogens (tertiary/aromatic N) is 3. The van der Waals surface area contributed by atoms with Gasteiger partial charge in [0.15, 0.2) is 6.63 Å². The highest BCUT2D eigenvalue weighted by molar-refractivity contribution is 7.51. The highest BCUT2D eigenvalue weighted by Crippen LogP contribution is 2.66. The molecule has 1 aliphatic heterocycles. The first-order chi connectivity index (χ1) is 14.4. The van der Waals surface area contributed by atoms with Crippen LogP contribution in [0.5, 0.6) is 0 Å². The van der Waals surface area contributed by atoms with E-state index in [2.05, 4.69) is 97.5 Å². The third kappa shape index (κ3) is 4.44. The van der Waals surface area contributed by atoms with Crippen molar-refractivity contribution in [1.82, 2.24) is 14.4 Å². The minimum atomic E-state index is 0.578. The summed E-state index contributed by atoms with van der Waals surface area (Å²) in [4.78, 5) is 8.82. The van der Waals surface area contributed by atoms with Crippen molar-refractivity contribution in [2.24, 2.45) is 11.8 Å². The van der Waals surface area contributed by atoms with E-state index >= 15 is 0 Å². The van der Waals surface area contributed by atoms with Gasteiger partial charge in [0.25, 0.3) is 0 Å². The zero-order valence-corrected chi connectivity index (χ0v) is 23.0. The van der Waals surface area contributed by atoms with Crippen molar-refractivity contribution in [3.63, 3.8) is 0 Å². The fourth-order valence-electron chi connectivity index (χ4n) is 9.01. The number of rotatable bonds is 9. The Morgan fingerprint density at radius 3 is 1.03 bits per heavy atom. The van der Waals surface area contributed by atoms with Crippen LogP contribution < -0.4 is 0 Å². The predicted octanol–water partition coefficient (Wildman–Crippen LogP) is 5.66. The van der Waals surface area contributed by atoms with E-state index in [9.17, 15) is 0 Å². The Bertz CT molecular complexity index is 531. The topological polar surface area (TPSA) is 9.72 Å². The molecule has 2 saturated carbocycles. The summed E-state index contributed by atoms with van der Waals surface area (Å²) in [5.41, 5.74) is 0. The maximum absolute atomic E-state index is 2.94. The SMILES string of the molecule is CC(C)N(B1B(N(C(C)C)C(C)C)[C@@H]2[C@H]3CC[C@H](C3)[C@@H]2B1N(C(C)C)C(C)C)C(C)C. The molecule has 0 spiro atoms. The van der Waals surface area contributed by atoms with Crippen LogP contribution in [0.3, 0.4) is 0 Å². The first kappa shape index (κ1) is 25.7.